The smallest absolute Gasteiger partial charge is 0.146 e. The first-order valence-corrected chi connectivity index (χ1v) is 5.92. The molecule has 0 amide bonds. The van der Waals surface area contributed by atoms with Crippen LogP contribution in [-0.2, 0) is 13.1 Å². The Bertz CT molecular complexity index is 477. The molecule has 0 saturated heterocycles. The standard InChI is InChI=1S/C14H17FN2/c1-2-8-17-9-7-12(11-17)10-16-14-6-4-3-5-13(14)15/h3-7,9,11,16H,2,8,10H2,1H3. The first kappa shape index (κ1) is 11.7. The van der Waals surface area contributed by atoms with Crippen molar-refractivity contribution >= 4 is 5.69 Å². The van der Waals surface area contributed by atoms with E-state index in [1.807, 2.05) is 6.07 Å². The minimum absolute atomic E-state index is 0.208. The Morgan fingerprint density at radius 2 is 2.06 bits per heavy atom. The molecule has 0 bridgehead atoms. The normalized spacial score (nSPS) is 10.5. The molecule has 1 aromatic heterocycles. The van der Waals surface area contributed by atoms with E-state index < -0.39 is 0 Å². The third-order valence-corrected chi connectivity index (χ3v) is 2.65. The number of aryl methyl sites for hydroxylation is 1. The monoisotopic (exact) mass is 232 g/mol. The maximum Gasteiger partial charge on any atom is 0.146 e. The van der Waals surface area contributed by atoms with Crippen LogP contribution in [0.4, 0.5) is 10.1 Å². The molecule has 1 aromatic carbocycles. The summed E-state index contributed by atoms with van der Waals surface area (Å²) in [6.07, 6.45) is 5.27. The molecule has 0 aliphatic heterocycles. The van der Waals surface area contributed by atoms with Crippen LogP contribution in [0.15, 0.2) is 42.7 Å². The predicted octanol–water partition coefficient (Wildman–Crippen LogP) is 3.65. The molecule has 0 spiro atoms. The second kappa shape index (κ2) is 5.53. The highest BCUT2D eigenvalue weighted by Crippen LogP contribution is 2.14. The maximum atomic E-state index is 13.4. The minimum atomic E-state index is -0.208. The summed E-state index contributed by atoms with van der Waals surface area (Å²) >= 11 is 0. The van der Waals surface area contributed by atoms with Crippen LogP contribution < -0.4 is 5.32 Å². The van der Waals surface area contributed by atoms with Gasteiger partial charge in [0.1, 0.15) is 5.82 Å². The van der Waals surface area contributed by atoms with Gasteiger partial charge in [0.25, 0.3) is 0 Å². The fourth-order valence-corrected chi connectivity index (χ4v) is 1.79. The maximum absolute atomic E-state index is 13.4. The molecule has 0 fully saturated rings. The van der Waals surface area contributed by atoms with E-state index in [2.05, 4.69) is 35.3 Å². The summed E-state index contributed by atoms with van der Waals surface area (Å²) in [7, 11) is 0. The molecule has 1 N–H and O–H groups in total. The van der Waals surface area contributed by atoms with E-state index in [-0.39, 0.29) is 5.82 Å². The third kappa shape index (κ3) is 3.09. The van der Waals surface area contributed by atoms with Gasteiger partial charge in [-0.15, -0.1) is 0 Å². The molecule has 0 saturated carbocycles. The zero-order chi connectivity index (χ0) is 12.1. The summed E-state index contributed by atoms with van der Waals surface area (Å²) in [5.41, 5.74) is 1.72. The molecule has 0 aliphatic rings. The minimum Gasteiger partial charge on any atom is -0.379 e. The van der Waals surface area contributed by atoms with Gasteiger partial charge in [-0.1, -0.05) is 19.1 Å². The Kier molecular flexibility index (Phi) is 3.81. The van der Waals surface area contributed by atoms with Crippen LogP contribution in [0, 0.1) is 5.82 Å². The summed E-state index contributed by atoms with van der Waals surface area (Å²) in [5, 5.41) is 3.10. The van der Waals surface area contributed by atoms with Gasteiger partial charge in [0.05, 0.1) is 5.69 Å². The summed E-state index contributed by atoms with van der Waals surface area (Å²) in [6.45, 7) is 3.83. The Morgan fingerprint density at radius 1 is 1.24 bits per heavy atom. The van der Waals surface area contributed by atoms with Crippen LogP contribution in [0.2, 0.25) is 0 Å². The van der Waals surface area contributed by atoms with Crippen molar-refractivity contribution in [3.63, 3.8) is 0 Å². The number of hydrogen-bond donors (Lipinski definition) is 1. The average Bonchev–Trinajstić information content (AvgIpc) is 2.76. The first-order chi connectivity index (χ1) is 8.29. The Morgan fingerprint density at radius 3 is 2.82 bits per heavy atom. The third-order valence-electron chi connectivity index (χ3n) is 2.65. The Labute approximate surface area is 101 Å². The second-order valence-corrected chi connectivity index (χ2v) is 4.09. The van der Waals surface area contributed by atoms with E-state index in [0.717, 1.165) is 13.0 Å². The number of nitrogens with one attached hydrogen (secondary N) is 1. The first-order valence-electron chi connectivity index (χ1n) is 5.92. The number of benzene rings is 1. The van der Waals surface area contributed by atoms with E-state index in [4.69, 9.17) is 0 Å². The topological polar surface area (TPSA) is 17.0 Å². The molecule has 17 heavy (non-hydrogen) atoms. The van der Waals surface area contributed by atoms with Gasteiger partial charge in [0.15, 0.2) is 0 Å². The average molecular weight is 232 g/mol. The highest BCUT2D eigenvalue weighted by Gasteiger charge is 2.00. The molecule has 0 unspecified atom stereocenters. The van der Waals surface area contributed by atoms with E-state index in [9.17, 15) is 4.39 Å². The van der Waals surface area contributed by atoms with E-state index in [1.54, 1.807) is 12.1 Å². The molecule has 2 nitrogen and oxygen atoms in total. The second-order valence-electron chi connectivity index (χ2n) is 4.09. The lowest BCUT2D eigenvalue weighted by atomic mass is 10.3. The number of nitrogens with zero attached hydrogens (tertiary/aromatic N) is 1. The largest absolute Gasteiger partial charge is 0.379 e. The van der Waals surface area contributed by atoms with Crippen molar-refractivity contribution in [2.45, 2.75) is 26.4 Å². The van der Waals surface area contributed by atoms with Gasteiger partial charge >= 0.3 is 0 Å². The van der Waals surface area contributed by atoms with Gasteiger partial charge in [-0.3, -0.25) is 0 Å². The zero-order valence-electron chi connectivity index (χ0n) is 9.99. The molecule has 3 heteroatoms. The summed E-state index contributed by atoms with van der Waals surface area (Å²) in [6, 6.07) is 8.79. The van der Waals surface area contributed by atoms with Crippen molar-refractivity contribution in [2.75, 3.05) is 5.32 Å². The molecule has 0 aliphatic carbocycles. The SMILES string of the molecule is CCCn1ccc(CNc2ccccc2F)c1. The van der Waals surface area contributed by atoms with Gasteiger partial charge < -0.3 is 9.88 Å². The molecule has 2 aromatic rings. The number of para-hydroxylation sites is 1. The van der Waals surface area contributed by atoms with E-state index in [0.29, 0.717) is 12.2 Å². The molecule has 1 heterocycles. The van der Waals surface area contributed by atoms with Crippen molar-refractivity contribution < 1.29 is 4.39 Å². The van der Waals surface area contributed by atoms with E-state index in [1.165, 1.54) is 11.6 Å². The van der Waals surface area contributed by atoms with Gasteiger partial charge in [-0.05, 0) is 30.2 Å². The number of anilines is 1. The van der Waals surface area contributed by atoms with Crippen molar-refractivity contribution in [1.82, 2.24) is 4.57 Å². The van der Waals surface area contributed by atoms with Gasteiger partial charge in [0, 0.05) is 25.5 Å². The van der Waals surface area contributed by atoms with E-state index >= 15 is 0 Å². The van der Waals surface area contributed by atoms with Crippen molar-refractivity contribution in [2.24, 2.45) is 0 Å². The zero-order valence-corrected chi connectivity index (χ0v) is 9.99. The molecule has 0 atom stereocenters. The number of rotatable bonds is 5. The number of aromatic nitrogens is 1. The molecular weight excluding hydrogens is 215 g/mol. The predicted molar refractivity (Wildman–Crippen MR) is 68.4 cm³/mol. The van der Waals surface area contributed by atoms with Crippen molar-refractivity contribution in [3.8, 4) is 0 Å². The molecular formula is C14H17FN2. The Balaban J connectivity index is 1.95. The van der Waals surface area contributed by atoms with Crippen molar-refractivity contribution in [1.29, 1.82) is 0 Å². The van der Waals surface area contributed by atoms with Crippen LogP contribution in [0.3, 0.4) is 0 Å². The lowest BCUT2D eigenvalue weighted by Crippen LogP contribution is -2.00. The molecule has 90 valence electrons. The van der Waals surface area contributed by atoms with Crippen LogP contribution in [0.1, 0.15) is 18.9 Å². The lowest BCUT2D eigenvalue weighted by molar-refractivity contribution is 0.630. The highest BCUT2D eigenvalue weighted by molar-refractivity contribution is 5.44. The quantitative estimate of drug-likeness (QED) is 0.832. The summed E-state index contributed by atoms with van der Waals surface area (Å²) in [5.74, 6) is -0.208. The van der Waals surface area contributed by atoms with Gasteiger partial charge in [-0.2, -0.15) is 0 Å². The number of halogens is 1. The molecule has 2 rings (SSSR count). The fraction of sp³-hybridized carbons (Fsp3) is 0.286. The van der Waals surface area contributed by atoms with Gasteiger partial charge in [-0.25, -0.2) is 4.39 Å². The summed E-state index contributed by atoms with van der Waals surface area (Å²) < 4.78 is 15.5. The number of hydrogen-bond acceptors (Lipinski definition) is 1. The van der Waals surface area contributed by atoms with Crippen LogP contribution in [-0.4, -0.2) is 4.57 Å². The van der Waals surface area contributed by atoms with Crippen LogP contribution in [0.5, 0.6) is 0 Å². The Hall–Kier alpha value is -1.77. The van der Waals surface area contributed by atoms with Crippen molar-refractivity contribution in [3.05, 3.63) is 54.1 Å². The summed E-state index contributed by atoms with van der Waals surface area (Å²) in [4.78, 5) is 0. The lowest BCUT2D eigenvalue weighted by Gasteiger charge is -2.05. The fourth-order valence-electron chi connectivity index (χ4n) is 1.79. The molecule has 0 radical (unpaired) electrons. The van der Waals surface area contributed by atoms with Crippen LogP contribution >= 0.6 is 0 Å². The van der Waals surface area contributed by atoms with Gasteiger partial charge in [0.2, 0.25) is 0 Å². The van der Waals surface area contributed by atoms with Crippen LogP contribution in [0.25, 0.3) is 0 Å². The highest BCUT2D eigenvalue weighted by atomic mass is 19.1.